The molecule has 4 aromatic rings. The molecule has 6 rings (SSSR count). The monoisotopic (exact) mass is 700 g/mol. The Morgan fingerprint density at radius 2 is 1.60 bits per heavy atom. The number of amides is 3. The van der Waals surface area contributed by atoms with Gasteiger partial charge in [0.1, 0.15) is 11.8 Å². The van der Waals surface area contributed by atoms with Gasteiger partial charge in [0.05, 0.1) is 22.2 Å². The molecule has 1 fully saturated rings. The maximum Gasteiger partial charge on any atom is 0.418 e. The Balaban J connectivity index is 1.43. The van der Waals surface area contributed by atoms with Crippen LogP contribution >= 0.6 is 34.7 Å². The lowest BCUT2D eigenvalue weighted by molar-refractivity contribution is -0.137. The molecule has 0 saturated carbocycles. The molecule has 3 amide bonds. The van der Waals surface area contributed by atoms with Crippen LogP contribution in [0, 0.1) is 5.92 Å². The van der Waals surface area contributed by atoms with Crippen LogP contribution in [-0.2, 0) is 27.1 Å². The molecule has 0 radical (unpaired) electrons. The number of hydrogen-bond donors (Lipinski definition) is 1. The Labute approximate surface area is 281 Å². The van der Waals surface area contributed by atoms with Crippen LogP contribution in [0.2, 0.25) is 5.02 Å². The van der Waals surface area contributed by atoms with E-state index < -0.39 is 57.1 Å². The highest BCUT2D eigenvalue weighted by molar-refractivity contribution is 8.00. The molecule has 2 aliphatic heterocycles. The molecule has 47 heavy (non-hydrogen) atoms. The average Bonchev–Trinajstić information content (AvgIpc) is 3.48. The molecule has 0 bridgehead atoms. The van der Waals surface area contributed by atoms with Crippen LogP contribution in [0.4, 0.5) is 30.2 Å². The number of para-hydroxylation sites is 1. The van der Waals surface area contributed by atoms with E-state index in [1.807, 2.05) is 38.1 Å². The van der Waals surface area contributed by atoms with Crippen molar-refractivity contribution in [1.29, 1.82) is 0 Å². The molecule has 0 spiro atoms. The van der Waals surface area contributed by atoms with Crippen LogP contribution in [0.25, 0.3) is 0 Å². The fourth-order valence-corrected chi connectivity index (χ4v) is 9.02. The number of anilines is 3. The molecule has 1 aromatic heterocycles. The third-order valence-corrected chi connectivity index (χ3v) is 11.2. The van der Waals surface area contributed by atoms with Gasteiger partial charge in [0.25, 0.3) is 0 Å². The van der Waals surface area contributed by atoms with Gasteiger partial charge >= 0.3 is 11.0 Å². The number of aromatic nitrogens is 1. The van der Waals surface area contributed by atoms with Gasteiger partial charge in [-0.15, -0.1) is 0 Å². The summed E-state index contributed by atoms with van der Waals surface area (Å²) < 4.78 is 43.4. The van der Waals surface area contributed by atoms with Crippen molar-refractivity contribution in [3.8, 4) is 0 Å². The van der Waals surface area contributed by atoms with Crippen LogP contribution in [0.3, 0.4) is 0 Å². The Bertz CT molecular complexity index is 1910. The minimum Gasteiger partial charge on any atom is -0.372 e. The van der Waals surface area contributed by atoms with Crippen molar-refractivity contribution in [3.05, 3.63) is 103 Å². The van der Waals surface area contributed by atoms with Crippen molar-refractivity contribution in [1.82, 2.24) is 4.57 Å². The van der Waals surface area contributed by atoms with Crippen molar-refractivity contribution >= 4 is 69.5 Å². The van der Waals surface area contributed by atoms with E-state index in [1.165, 1.54) is 16.7 Å². The van der Waals surface area contributed by atoms with Gasteiger partial charge in [-0.25, -0.2) is 4.90 Å². The summed E-state index contributed by atoms with van der Waals surface area (Å²) >= 11 is 7.74. The van der Waals surface area contributed by atoms with E-state index in [2.05, 4.69) is 10.2 Å². The number of rotatable bonds is 8. The zero-order valence-corrected chi connectivity index (χ0v) is 27.5. The number of nitrogens with one attached hydrogen (secondary N) is 1. The lowest BCUT2D eigenvalue weighted by Gasteiger charge is -2.31. The number of halogens is 4. The van der Waals surface area contributed by atoms with Gasteiger partial charge in [0.15, 0.2) is 0 Å². The van der Waals surface area contributed by atoms with Gasteiger partial charge in [-0.1, -0.05) is 59.0 Å². The lowest BCUT2D eigenvalue weighted by Crippen LogP contribution is -2.33. The van der Waals surface area contributed by atoms with E-state index in [1.54, 1.807) is 24.3 Å². The normalized spacial score (nSPS) is 19.0. The van der Waals surface area contributed by atoms with Crippen molar-refractivity contribution in [2.75, 3.05) is 28.2 Å². The molecule has 14 heteroatoms. The largest absolute Gasteiger partial charge is 0.418 e. The first-order chi connectivity index (χ1) is 22.4. The summed E-state index contributed by atoms with van der Waals surface area (Å²) in [5.74, 6) is -4.00. The molecular formula is C33H28ClF3N4O4S2. The number of thioether (sulfide) groups is 1. The average molecular weight is 701 g/mol. The standard InChI is InChI=1S/C33H28ClF3N4O4S2/c1-3-39(4-2)21-15-9-18(10-16-21)25-26-27(30(44)41(29(26)43)23-8-6-5-7-22(23)33(35,36)37)46-31-28(25)47-32(45)40(31)17-24(42)38-20-13-11-19(34)12-14-20/h5-16,25-27H,3-4,17H2,1-2H3,(H,38,42). The molecule has 3 heterocycles. The van der Waals surface area contributed by atoms with Crippen molar-refractivity contribution in [2.45, 2.75) is 42.8 Å². The first-order valence-corrected chi connectivity index (χ1v) is 16.8. The zero-order chi connectivity index (χ0) is 33.6. The molecule has 2 aliphatic rings. The number of benzene rings is 3. The fourth-order valence-electron chi connectivity index (χ4n) is 6.12. The van der Waals surface area contributed by atoms with Crippen molar-refractivity contribution < 1.29 is 27.6 Å². The molecule has 3 atom stereocenters. The first kappa shape index (κ1) is 32.9. The topological polar surface area (TPSA) is 91.7 Å². The minimum absolute atomic E-state index is 0.331. The highest BCUT2D eigenvalue weighted by Gasteiger charge is 2.57. The highest BCUT2D eigenvalue weighted by atomic mass is 35.5. The number of imide groups is 1. The summed E-state index contributed by atoms with van der Waals surface area (Å²) in [4.78, 5) is 57.4. The number of carbonyl (C=O) groups excluding carboxylic acids is 3. The highest BCUT2D eigenvalue weighted by Crippen LogP contribution is 2.54. The van der Waals surface area contributed by atoms with E-state index in [0.29, 0.717) is 31.1 Å². The second kappa shape index (κ2) is 12.9. The third kappa shape index (κ3) is 6.07. The second-order valence-corrected chi connectivity index (χ2v) is 13.6. The second-order valence-electron chi connectivity index (χ2n) is 11.0. The number of nitrogens with zero attached hydrogens (tertiary/aromatic N) is 3. The molecule has 3 aromatic carbocycles. The van der Waals surface area contributed by atoms with E-state index in [0.717, 1.165) is 54.0 Å². The van der Waals surface area contributed by atoms with E-state index in [-0.39, 0.29) is 6.54 Å². The van der Waals surface area contributed by atoms with Gasteiger partial charge < -0.3 is 10.2 Å². The molecular weight excluding hydrogens is 673 g/mol. The predicted molar refractivity (Wildman–Crippen MR) is 178 cm³/mol. The summed E-state index contributed by atoms with van der Waals surface area (Å²) in [6.45, 7) is 5.17. The Morgan fingerprint density at radius 3 is 2.23 bits per heavy atom. The molecule has 3 unspecified atom stereocenters. The maximum atomic E-state index is 14.2. The molecule has 244 valence electrons. The number of fused-ring (bicyclic) bond motifs is 2. The first-order valence-electron chi connectivity index (χ1n) is 14.8. The summed E-state index contributed by atoms with van der Waals surface area (Å²) in [5.41, 5.74) is 0.384. The van der Waals surface area contributed by atoms with Crippen LogP contribution in [-0.4, -0.2) is 40.6 Å². The smallest absolute Gasteiger partial charge is 0.372 e. The summed E-state index contributed by atoms with van der Waals surface area (Å²) in [6, 6.07) is 18.3. The van der Waals surface area contributed by atoms with Crippen LogP contribution < -0.4 is 20.0 Å². The Kier molecular flexibility index (Phi) is 8.98. The summed E-state index contributed by atoms with van der Waals surface area (Å²) in [7, 11) is 0. The number of carbonyl (C=O) groups is 3. The van der Waals surface area contributed by atoms with Gasteiger partial charge in [0, 0.05) is 40.3 Å². The number of alkyl halides is 3. The molecule has 1 N–H and O–H groups in total. The maximum absolute atomic E-state index is 14.2. The third-order valence-electron chi connectivity index (χ3n) is 8.31. The van der Waals surface area contributed by atoms with E-state index >= 15 is 0 Å². The fraction of sp³-hybridized carbons (Fsp3) is 0.273. The van der Waals surface area contributed by atoms with Crippen molar-refractivity contribution in [3.63, 3.8) is 0 Å². The van der Waals surface area contributed by atoms with Gasteiger partial charge in [-0.3, -0.25) is 23.7 Å². The lowest BCUT2D eigenvalue weighted by atomic mass is 9.83. The number of hydrogen-bond acceptors (Lipinski definition) is 7. The van der Waals surface area contributed by atoms with E-state index in [9.17, 15) is 32.3 Å². The molecule has 1 saturated heterocycles. The minimum atomic E-state index is -4.81. The number of thiazole rings is 1. The summed E-state index contributed by atoms with van der Waals surface area (Å²) in [6.07, 6.45) is -4.81. The SMILES string of the molecule is CCN(CC)c1ccc(C2c3sc(=O)n(CC(=O)Nc4ccc(Cl)cc4)c3SC3C(=O)N(c4ccccc4C(F)(F)F)C(=O)C32)cc1. The zero-order valence-electron chi connectivity index (χ0n) is 25.1. The molecule has 0 aliphatic carbocycles. The van der Waals surface area contributed by atoms with Gasteiger partial charge in [0.2, 0.25) is 17.7 Å². The quantitative estimate of drug-likeness (QED) is 0.202. The van der Waals surface area contributed by atoms with Gasteiger partial charge in [-0.2, -0.15) is 13.2 Å². The summed E-state index contributed by atoms with van der Waals surface area (Å²) in [5, 5.41) is 2.40. The molecule has 8 nitrogen and oxygen atoms in total. The predicted octanol–water partition coefficient (Wildman–Crippen LogP) is 6.86. The van der Waals surface area contributed by atoms with E-state index in [4.69, 9.17) is 11.6 Å². The van der Waals surface area contributed by atoms with Crippen LogP contribution in [0.1, 0.15) is 35.8 Å². The van der Waals surface area contributed by atoms with Gasteiger partial charge in [-0.05, 0) is 67.9 Å². The van der Waals surface area contributed by atoms with Crippen LogP contribution in [0.5, 0.6) is 0 Å². The Morgan fingerprint density at radius 1 is 0.936 bits per heavy atom. The van der Waals surface area contributed by atoms with Crippen molar-refractivity contribution in [2.24, 2.45) is 5.92 Å². The Hall–Kier alpha value is -4.07. The van der Waals surface area contributed by atoms with Crippen LogP contribution in [0.15, 0.2) is 82.6 Å².